The summed E-state index contributed by atoms with van der Waals surface area (Å²) in [5.41, 5.74) is 3.50. The maximum atomic E-state index is 4.49. The van der Waals surface area contributed by atoms with Gasteiger partial charge in [0.15, 0.2) is 5.96 Å². The number of nitrogens with zero attached hydrogens (tertiary/aromatic N) is 4. The van der Waals surface area contributed by atoms with E-state index in [1.807, 2.05) is 20.0 Å². The number of likely N-dealkylation sites (N-methyl/N-ethyl adjacent to an activating group) is 1. The van der Waals surface area contributed by atoms with Crippen molar-refractivity contribution in [2.75, 3.05) is 32.1 Å². The highest BCUT2D eigenvalue weighted by Gasteiger charge is 2.10. The quantitative estimate of drug-likeness (QED) is 0.434. The van der Waals surface area contributed by atoms with Gasteiger partial charge in [-0.3, -0.25) is 9.67 Å². The van der Waals surface area contributed by atoms with Gasteiger partial charge < -0.3 is 15.5 Å². The number of guanidine groups is 1. The Hall–Kier alpha value is -2.50. The minimum absolute atomic E-state index is 0.352. The van der Waals surface area contributed by atoms with Crippen molar-refractivity contribution in [3.8, 4) is 0 Å². The number of nitrogens with one attached hydrogen (secondary N) is 2. The third-order valence-corrected chi connectivity index (χ3v) is 4.56. The smallest absolute Gasteiger partial charge is 0.191 e. The van der Waals surface area contributed by atoms with Crippen molar-refractivity contribution in [1.29, 1.82) is 0 Å². The average molecular weight is 357 g/mol. The Morgan fingerprint density at radius 3 is 2.58 bits per heavy atom. The summed E-state index contributed by atoms with van der Waals surface area (Å²) in [6.07, 6.45) is 1.00. The van der Waals surface area contributed by atoms with Gasteiger partial charge in [0.1, 0.15) is 0 Å². The molecule has 6 heteroatoms. The molecule has 0 saturated heterocycles. The van der Waals surface area contributed by atoms with E-state index in [0.717, 1.165) is 37.7 Å². The highest BCUT2D eigenvalue weighted by molar-refractivity contribution is 5.79. The Kier molecular flexibility index (Phi) is 7.51. The summed E-state index contributed by atoms with van der Waals surface area (Å²) in [5.74, 6) is 0.840. The lowest BCUT2D eigenvalue weighted by Crippen LogP contribution is -2.45. The number of aryl methyl sites for hydroxylation is 3. The first-order chi connectivity index (χ1) is 12.5. The van der Waals surface area contributed by atoms with Gasteiger partial charge in [0.05, 0.1) is 5.69 Å². The van der Waals surface area contributed by atoms with Gasteiger partial charge in [-0.2, -0.15) is 5.10 Å². The molecule has 26 heavy (non-hydrogen) atoms. The van der Waals surface area contributed by atoms with Crippen molar-refractivity contribution in [2.45, 2.75) is 39.8 Å². The number of para-hydroxylation sites is 1. The maximum Gasteiger partial charge on any atom is 0.191 e. The van der Waals surface area contributed by atoms with E-state index in [2.05, 4.69) is 81.5 Å². The Labute approximate surface area is 157 Å². The molecule has 0 saturated carbocycles. The lowest BCUT2D eigenvalue weighted by molar-refractivity contribution is 0.554. The molecule has 1 unspecified atom stereocenters. The van der Waals surface area contributed by atoms with Crippen LogP contribution in [-0.2, 0) is 6.54 Å². The van der Waals surface area contributed by atoms with Gasteiger partial charge in [-0.05, 0) is 45.4 Å². The fourth-order valence-corrected chi connectivity index (χ4v) is 2.86. The molecule has 0 aliphatic heterocycles. The van der Waals surface area contributed by atoms with Crippen LogP contribution in [-0.4, -0.2) is 49.0 Å². The van der Waals surface area contributed by atoms with E-state index in [1.54, 1.807) is 0 Å². The van der Waals surface area contributed by atoms with Crippen LogP contribution in [0.3, 0.4) is 0 Å². The van der Waals surface area contributed by atoms with Crippen LogP contribution < -0.4 is 15.5 Å². The van der Waals surface area contributed by atoms with Crippen molar-refractivity contribution in [1.82, 2.24) is 20.4 Å². The molecule has 142 valence electrons. The second-order valence-corrected chi connectivity index (χ2v) is 6.68. The number of hydrogen-bond acceptors (Lipinski definition) is 3. The molecule has 1 atom stereocenters. The fourth-order valence-electron chi connectivity index (χ4n) is 2.86. The Bertz CT molecular complexity index is 692. The standard InChI is InChI=1S/C20H32N6/c1-16-14-17(2)26(24-16)13-9-12-22-20(21-4)23-15-18(3)25(5)19-10-7-6-8-11-19/h6-8,10-11,14,18H,9,12-13,15H2,1-5H3,(H2,21,22,23). The second kappa shape index (κ2) is 9.85. The lowest BCUT2D eigenvalue weighted by Gasteiger charge is -2.27. The van der Waals surface area contributed by atoms with Gasteiger partial charge in [0.2, 0.25) is 0 Å². The lowest BCUT2D eigenvalue weighted by atomic mass is 10.2. The van der Waals surface area contributed by atoms with Crippen LogP contribution in [0.25, 0.3) is 0 Å². The first kappa shape index (κ1) is 19.8. The van der Waals surface area contributed by atoms with Gasteiger partial charge in [-0.15, -0.1) is 0 Å². The topological polar surface area (TPSA) is 57.5 Å². The molecule has 6 nitrogen and oxygen atoms in total. The molecule has 0 radical (unpaired) electrons. The first-order valence-electron chi connectivity index (χ1n) is 9.24. The van der Waals surface area contributed by atoms with Crippen molar-refractivity contribution < 1.29 is 0 Å². The zero-order chi connectivity index (χ0) is 18.9. The molecule has 0 bridgehead atoms. The highest BCUT2D eigenvalue weighted by atomic mass is 15.3. The summed E-state index contributed by atoms with van der Waals surface area (Å²) in [6, 6.07) is 12.9. The molecule has 0 fully saturated rings. The van der Waals surface area contributed by atoms with Crippen molar-refractivity contribution >= 4 is 11.6 Å². The number of aromatic nitrogens is 2. The van der Waals surface area contributed by atoms with E-state index >= 15 is 0 Å². The molecule has 2 N–H and O–H groups in total. The molecular weight excluding hydrogens is 324 g/mol. The molecule has 0 spiro atoms. The van der Waals surface area contributed by atoms with Gasteiger partial charge in [0.25, 0.3) is 0 Å². The fraction of sp³-hybridized carbons (Fsp3) is 0.500. The monoisotopic (exact) mass is 356 g/mol. The van der Waals surface area contributed by atoms with Crippen LogP contribution in [0.4, 0.5) is 5.69 Å². The number of benzene rings is 1. The van der Waals surface area contributed by atoms with Crippen LogP contribution in [0.2, 0.25) is 0 Å². The van der Waals surface area contributed by atoms with E-state index in [-0.39, 0.29) is 0 Å². The third kappa shape index (κ3) is 5.79. The molecule has 1 aromatic carbocycles. The van der Waals surface area contributed by atoms with E-state index in [1.165, 1.54) is 11.4 Å². The minimum atomic E-state index is 0.352. The highest BCUT2D eigenvalue weighted by Crippen LogP contribution is 2.13. The van der Waals surface area contributed by atoms with Gasteiger partial charge in [-0.25, -0.2) is 0 Å². The van der Waals surface area contributed by atoms with Crippen molar-refractivity contribution in [2.24, 2.45) is 4.99 Å². The van der Waals surface area contributed by atoms with Gasteiger partial charge >= 0.3 is 0 Å². The number of rotatable bonds is 8. The predicted octanol–water partition coefficient (Wildman–Crippen LogP) is 2.58. The van der Waals surface area contributed by atoms with Crippen molar-refractivity contribution in [3.63, 3.8) is 0 Å². The summed E-state index contributed by atoms with van der Waals surface area (Å²) in [6.45, 7) is 8.93. The Morgan fingerprint density at radius 2 is 1.96 bits per heavy atom. The average Bonchev–Trinajstić information content (AvgIpc) is 2.98. The summed E-state index contributed by atoms with van der Waals surface area (Å²) in [4.78, 5) is 6.58. The third-order valence-electron chi connectivity index (χ3n) is 4.56. The molecule has 2 rings (SSSR count). The maximum absolute atomic E-state index is 4.49. The summed E-state index contributed by atoms with van der Waals surface area (Å²) in [5, 5.41) is 11.3. The normalized spacial score (nSPS) is 12.7. The number of hydrogen-bond donors (Lipinski definition) is 2. The van der Waals surface area contributed by atoms with Crippen LogP contribution >= 0.6 is 0 Å². The largest absolute Gasteiger partial charge is 0.370 e. The van der Waals surface area contributed by atoms with Crippen molar-refractivity contribution in [3.05, 3.63) is 47.8 Å². The molecule has 0 amide bonds. The number of aliphatic imine (C=N–C) groups is 1. The zero-order valence-electron chi connectivity index (χ0n) is 16.7. The van der Waals surface area contributed by atoms with Gasteiger partial charge in [-0.1, -0.05) is 18.2 Å². The van der Waals surface area contributed by atoms with E-state index in [4.69, 9.17) is 0 Å². The van der Waals surface area contributed by atoms with E-state index < -0.39 is 0 Å². The van der Waals surface area contributed by atoms with Crippen LogP contribution in [0, 0.1) is 13.8 Å². The Morgan fingerprint density at radius 1 is 1.23 bits per heavy atom. The Balaban J connectivity index is 1.71. The molecule has 2 aromatic rings. The summed E-state index contributed by atoms with van der Waals surface area (Å²) >= 11 is 0. The molecule has 1 aromatic heterocycles. The van der Waals surface area contributed by atoms with Crippen LogP contribution in [0.1, 0.15) is 24.7 Å². The number of anilines is 1. The second-order valence-electron chi connectivity index (χ2n) is 6.68. The molecule has 0 aliphatic rings. The first-order valence-corrected chi connectivity index (χ1v) is 9.24. The molecule has 0 aliphatic carbocycles. The van der Waals surface area contributed by atoms with E-state index in [0.29, 0.717) is 6.04 Å². The molecule has 1 heterocycles. The predicted molar refractivity (Wildman–Crippen MR) is 110 cm³/mol. The van der Waals surface area contributed by atoms with Crippen LogP contribution in [0.15, 0.2) is 41.4 Å². The summed E-state index contributed by atoms with van der Waals surface area (Å²) in [7, 11) is 3.92. The zero-order valence-corrected chi connectivity index (χ0v) is 16.7. The van der Waals surface area contributed by atoms with Gasteiger partial charge in [0, 0.05) is 51.2 Å². The minimum Gasteiger partial charge on any atom is -0.370 e. The van der Waals surface area contributed by atoms with E-state index in [9.17, 15) is 0 Å². The van der Waals surface area contributed by atoms with Crippen LogP contribution in [0.5, 0.6) is 0 Å². The molecular formula is C20H32N6. The SMILES string of the molecule is CN=C(NCCCn1nc(C)cc1C)NCC(C)N(C)c1ccccc1. The summed E-state index contributed by atoms with van der Waals surface area (Å²) < 4.78 is 2.06.